The van der Waals surface area contributed by atoms with E-state index in [1.807, 2.05) is 6.92 Å². The summed E-state index contributed by atoms with van der Waals surface area (Å²) in [6, 6.07) is 6.50. The first-order valence-corrected chi connectivity index (χ1v) is 7.29. The number of hydrogen-bond acceptors (Lipinski definition) is 1. The zero-order valence-corrected chi connectivity index (χ0v) is 12.2. The Balaban J connectivity index is 1.95. The van der Waals surface area contributed by atoms with Crippen LogP contribution in [0, 0.1) is 11.7 Å². The first-order valence-electron chi connectivity index (χ1n) is 7.29. The van der Waals surface area contributed by atoms with Crippen molar-refractivity contribution >= 4 is 11.5 Å². The highest BCUT2D eigenvalue weighted by Crippen LogP contribution is 2.23. The molecular formula is C17H22FNO. The van der Waals surface area contributed by atoms with Gasteiger partial charge in [-0.3, -0.25) is 4.79 Å². The summed E-state index contributed by atoms with van der Waals surface area (Å²) in [5.74, 6) is 0.379. The van der Waals surface area contributed by atoms with Gasteiger partial charge in [0.2, 0.25) is 5.91 Å². The molecule has 1 aliphatic carbocycles. The number of carbonyl (C=O) groups is 1. The van der Waals surface area contributed by atoms with Crippen LogP contribution in [0.4, 0.5) is 4.39 Å². The van der Waals surface area contributed by atoms with E-state index < -0.39 is 0 Å². The first-order chi connectivity index (χ1) is 9.54. The number of benzene rings is 1. The molecule has 2 nitrogen and oxygen atoms in total. The van der Waals surface area contributed by atoms with Gasteiger partial charge >= 0.3 is 0 Å². The molecule has 2 rings (SSSR count). The number of halogens is 1. The van der Waals surface area contributed by atoms with Crippen molar-refractivity contribution in [3.05, 3.63) is 41.7 Å². The molecule has 20 heavy (non-hydrogen) atoms. The van der Waals surface area contributed by atoms with Crippen LogP contribution in [-0.2, 0) is 4.79 Å². The number of hydrogen-bond donors (Lipinski definition) is 1. The van der Waals surface area contributed by atoms with Crippen LogP contribution in [0.1, 0.15) is 45.1 Å². The summed E-state index contributed by atoms with van der Waals surface area (Å²) in [6.45, 7) is 4.11. The minimum Gasteiger partial charge on any atom is -0.350 e. The van der Waals surface area contributed by atoms with Crippen LogP contribution in [0.5, 0.6) is 0 Å². The molecule has 1 aliphatic rings. The van der Waals surface area contributed by atoms with Gasteiger partial charge < -0.3 is 5.32 Å². The molecule has 1 N–H and O–H groups in total. The van der Waals surface area contributed by atoms with E-state index in [1.165, 1.54) is 25.0 Å². The average molecular weight is 275 g/mol. The third-order valence-corrected chi connectivity index (χ3v) is 3.93. The third kappa shape index (κ3) is 4.19. The van der Waals surface area contributed by atoms with Crippen molar-refractivity contribution in [1.29, 1.82) is 0 Å². The minimum atomic E-state index is -0.262. The van der Waals surface area contributed by atoms with Crippen molar-refractivity contribution < 1.29 is 9.18 Å². The Bertz CT molecular complexity index is 492. The van der Waals surface area contributed by atoms with Gasteiger partial charge in [0, 0.05) is 12.1 Å². The monoisotopic (exact) mass is 275 g/mol. The second-order valence-corrected chi connectivity index (χ2v) is 5.81. The summed E-state index contributed by atoms with van der Waals surface area (Å²) in [5.41, 5.74) is 1.73. The summed E-state index contributed by atoms with van der Waals surface area (Å²) >= 11 is 0. The van der Waals surface area contributed by atoms with Gasteiger partial charge in [0.15, 0.2) is 0 Å². The van der Waals surface area contributed by atoms with E-state index >= 15 is 0 Å². The fourth-order valence-corrected chi connectivity index (χ4v) is 2.80. The molecule has 0 heterocycles. The maximum Gasteiger partial charge on any atom is 0.244 e. The summed E-state index contributed by atoms with van der Waals surface area (Å²) in [6.07, 6.45) is 6.19. The van der Waals surface area contributed by atoms with E-state index in [0.717, 1.165) is 24.0 Å². The predicted octanol–water partition coefficient (Wildman–Crippen LogP) is 3.92. The van der Waals surface area contributed by atoms with Crippen molar-refractivity contribution in [3.63, 3.8) is 0 Å². The molecule has 0 saturated heterocycles. The molecule has 0 aromatic heterocycles. The minimum absolute atomic E-state index is 0.0501. The SMILES string of the molecule is C/C(=C/C(=O)N[C@@H]1CCC[C@@H](C)C1)c1ccc(F)cc1. The van der Waals surface area contributed by atoms with Gasteiger partial charge in [-0.15, -0.1) is 0 Å². The Morgan fingerprint density at radius 2 is 2.00 bits per heavy atom. The fourth-order valence-electron chi connectivity index (χ4n) is 2.80. The van der Waals surface area contributed by atoms with Crippen molar-refractivity contribution in [2.75, 3.05) is 0 Å². The number of nitrogens with one attached hydrogen (secondary N) is 1. The van der Waals surface area contributed by atoms with Gasteiger partial charge in [0.1, 0.15) is 5.82 Å². The van der Waals surface area contributed by atoms with Crippen LogP contribution in [0.2, 0.25) is 0 Å². The van der Waals surface area contributed by atoms with E-state index in [-0.39, 0.29) is 11.7 Å². The normalized spacial score (nSPS) is 23.4. The molecule has 1 fully saturated rings. The Kier molecular flexibility index (Phi) is 4.94. The lowest BCUT2D eigenvalue weighted by Crippen LogP contribution is -2.37. The molecule has 2 atom stereocenters. The molecule has 0 bridgehead atoms. The number of rotatable bonds is 3. The summed E-state index contributed by atoms with van der Waals surface area (Å²) < 4.78 is 12.9. The van der Waals surface area contributed by atoms with Crippen LogP contribution < -0.4 is 5.32 Å². The number of allylic oxidation sites excluding steroid dienone is 1. The van der Waals surface area contributed by atoms with Crippen molar-refractivity contribution in [2.24, 2.45) is 5.92 Å². The molecular weight excluding hydrogens is 253 g/mol. The van der Waals surface area contributed by atoms with Gasteiger partial charge in [-0.25, -0.2) is 4.39 Å². The van der Waals surface area contributed by atoms with Gasteiger partial charge in [-0.2, -0.15) is 0 Å². The largest absolute Gasteiger partial charge is 0.350 e. The Morgan fingerprint density at radius 3 is 2.65 bits per heavy atom. The lowest BCUT2D eigenvalue weighted by molar-refractivity contribution is -0.117. The third-order valence-electron chi connectivity index (χ3n) is 3.93. The Morgan fingerprint density at radius 1 is 1.30 bits per heavy atom. The molecule has 1 aromatic rings. The Labute approximate surface area is 120 Å². The highest BCUT2D eigenvalue weighted by Gasteiger charge is 2.19. The first kappa shape index (κ1) is 14.8. The maximum absolute atomic E-state index is 12.9. The average Bonchev–Trinajstić information content (AvgIpc) is 2.39. The lowest BCUT2D eigenvalue weighted by atomic mass is 9.87. The van der Waals surface area contributed by atoms with Crippen LogP contribution in [0.25, 0.3) is 5.57 Å². The summed E-state index contributed by atoms with van der Waals surface area (Å²) in [7, 11) is 0. The Hall–Kier alpha value is -1.64. The van der Waals surface area contributed by atoms with E-state index in [0.29, 0.717) is 12.0 Å². The highest BCUT2D eigenvalue weighted by molar-refractivity contribution is 5.94. The second kappa shape index (κ2) is 6.69. The predicted molar refractivity (Wildman–Crippen MR) is 79.6 cm³/mol. The standard InChI is InChI=1S/C17H22FNO/c1-12-4-3-5-16(10-12)19-17(20)11-13(2)14-6-8-15(18)9-7-14/h6-9,11-12,16H,3-5,10H2,1-2H3,(H,19,20)/b13-11-/t12-,16-/m1/s1. The highest BCUT2D eigenvalue weighted by atomic mass is 19.1. The van der Waals surface area contributed by atoms with Crippen LogP contribution >= 0.6 is 0 Å². The zero-order valence-electron chi connectivity index (χ0n) is 12.2. The number of carbonyl (C=O) groups excluding carboxylic acids is 1. The molecule has 1 amide bonds. The van der Waals surface area contributed by atoms with Crippen LogP contribution in [0.15, 0.2) is 30.3 Å². The zero-order chi connectivity index (χ0) is 14.5. The molecule has 0 aliphatic heterocycles. The van der Waals surface area contributed by atoms with E-state index in [2.05, 4.69) is 12.2 Å². The van der Waals surface area contributed by atoms with Gasteiger partial charge in [0.05, 0.1) is 0 Å². The van der Waals surface area contributed by atoms with Crippen molar-refractivity contribution in [2.45, 2.75) is 45.6 Å². The second-order valence-electron chi connectivity index (χ2n) is 5.81. The summed E-state index contributed by atoms with van der Waals surface area (Å²) in [5, 5.41) is 3.07. The van der Waals surface area contributed by atoms with E-state index in [9.17, 15) is 9.18 Å². The van der Waals surface area contributed by atoms with Crippen molar-refractivity contribution in [1.82, 2.24) is 5.32 Å². The molecule has 0 spiro atoms. The smallest absolute Gasteiger partial charge is 0.244 e. The van der Waals surface area contributed by atoms with Crippen LogP contribution in [0.3, 0.4) is 0 Å². The van der Waals surface area contributed by atoms with E-state index in [1.54, 1.807) is 18.2 Å². The fraction of sp³-hybridized carbons (Fsp3) is 0.471. The topological polar surface area (TPSA) is 29.1 Å². The van der Waals surface area contributed by atoms with Gasteiger partial charge in [0.25, 0.3) is 0 Å². The quantitative estimate of drug-likeness (QED) is 0.832. The van der Waals surface area contributed by atoms with Gasteiger partial charge in [-0.1, -0.05) is 31.9 Å². The molecule has 1 saturated carbocycles. The molecule has 0 unspecified atom stereocenters. The lowest BCUT2D eigenvalue weighted by Gasteiger charge is -2.27. The van der Waals surface area contributed by atoms with Crippen molar-refractivity contribution in [3.8, 4) is 0 Å². The molecule has 0 radical (unpaired) electrons. The maximum atomic E-state index is 12.9. The van der Waals surface area contributed by atoms with E-state index in [4.69, 9.17) is 0 Å². The molecule has 1 aromatic carbocycles. The molecule has 3 heteroatoms. The van der Waals surface area contributed by atoms with Gasteiger partial charge in [-0.05, 0) is 49.0 Å². The number of amides is 1. The van der Waals surface area contributed by atoms with Crippen LogP contribution in [-0.4, -0.2) is 11.9 Å². The summed E-state index contributed by atoms with van der Waals surface area (Å²) in [4.78, 5) is 12.0. The molecule has 108 valence electrons.